The fourth-order valence-corrected chi connectivity index (χ4v) is 2.63. The molecule has 0 radical (unpaired) electrons. The molecule has 0 bridgehead atoms. The maximum absolute atomic E-state index is 13.7. The number of fused-ring (bicyclic) bond motifs is 1. The molecule has 3 aromatic rings. The number of nitrogens with zero attached hydrogens (tertiary/aromatic N) is 2. The number of urea groups is 1. The lowest BCUT2D eigenvalue weighted by Gasteiger charge is -2.09. The summed E-state index contributed by atoms with van der Waals surface area (Å²) in [6, 6.07) is 7.72. The normalized spacial score (nSPS) is 10.9. The van der Waals surface area contributed by atoms with Gasteiger partial charge in [0, 0.05) is 40.1 Å². The molecule has 0 aliphatic heterocycles. The first-order valence-electron chi connectivity index (χ1n) is 7.32. The zero-order valence-electron chi connectivity index (χ0n) is 13.4. The highest BCUT2D eigenvalue weighted by atomic mass is 35.5. The maximum atomic E-state index is 13.7. The van der Waals surface area contributed by atoms with Crippen molar-refractivity contribution >= 4 is 39.9 Å². The maximum Gasteiger partial charge on any atom is 0.323 e. The molecule has 24 heavy (non-hydrogen) atoms. The number of hydrogen-bond acceptors (Lipinski definition) is 2. The van der Waals surface area contributed by atoms with Gasteiger partial charge in [0.25, 0.3) is 0 Å². The number of hydrogen-bond donors (Lipinski definition) is 2. The summed E-state index contributed by atoms with van der Waals surface area (Å²) in [6.45, 7) is 3.55. The number of benzene rings is 2. The Morgan fingerprint density at radius 2 is 1.88 bits per heavy atom. The fraction of sp³-hybridized carbons (Fsp3) is 0.176. The lowest BCUT2D eigenvalue weighted by molar-refractivity contribution is 0.262. The van der Waals surface area contributed by atoms with E-state index in [-0.39, 0.29) is 10.7 Å². The van der Waals surface area contributed by atoms with Crippen molar-refractivity contribution in [1.29, 1.82) is 0 Å². The van der Waals surface area contributed by atoms with Gasteiger partial charge in [0.05, 0.1) is 5.52 Å². The number of nitrogens with one attached hydrogen (secondary N) is 2. The van der Waals surface area contributed by atoms with Crippen molar-refractivity contribution in [3.63, 3.8) is 0 Å². The molecule has 0 unspecified atom stereocenters. The Morgan fingerprint density at radius 3 is 2.58 bits per heavy atom. The van der Waals surface area contributed by atoms with Crippen LogP contribution in [0.3, 0.4) is 0 Å². The summed E-state index contributed by atoms with van der Waals surface area (Å²) in [5, 5.41) is 10.9. The van der Waals surface area contributed by atoms with Gasteiger partial charge >= 0.3 is 6.03 Å². The molecular formula is C17H16ClFN4O. The first-order valence-corrected chi connectivity index (χ1v) is 7.70. The van der Waals surface area contributed by atoms with E-state index in [2.05, 4.69) is 15.7 Å². The van der Waals surface area contributed by atoms with Crippen molar-refractivity contribution in [2.45, 2.75) is 13.8 Å². The van der Waals surface area contributed by atoms with Crippen LogP contribution in [-0.4, -0.2) is 15.8 Å². The highest BCUT2D eigenvalue weighted by Crippen LogP contribution is 2.24. The molecule has 2 amide bonds. The molecule has 0 saturated heterocycles. The van der Waals surface area contributed by atoms with Gasteiger partial charge in [0.15, 0.2) is 0 Å². The average Bonchev–Trinajstić information content (AvgIpc) is 2.79. The van der Waals surface area contributed by atoms with Crippen molar-refractivity contribution in [1.82, 2.24) is 9.78 Å². The van der Waals surface area contributed by atoms with Crippen molar-refractivity contribution in [3.8, 4) is 0 Å². The zero-order valence-corrected chi connectivity index (χ0v) is 14.2. The number of anilines is 2. The molecule has 2 N–H and O–H groups in total. The Balaban J connectivity index is 1.77. The molecule has 3 rings (SSSR count). The van der Waals surface area contributed by atoms with E-state index in [0.29, 0.717) is 11.3 Å². The van der Waals surface area contributed by atoms with E-state index in [0.717, 1.165) is 16.6 Å². The smallest absolute Gasteiger partial charge is 0.308 e. The van der Waals surface area contributed by atoms with Crippen LogP contribution in [0.5, 0.6) is 0 Å². The molecular weight excluding hydrogens is 331 g/mol. The molecule has 1 aromatic heterocycles. The Bertz CT molecular complexity index is 928. The van der Waals surface area contributed by atoms with Crippen LogP contribution >= 0.6 is 11.6 Å². The number of rotatable bonds is 2. The highest BCUT2D eigenvalue weighted by Gasteiger charge is 2.10. The van der Waals surface area contributed by atoms with Gasteiger partial charge in [0.2, 0.25) is 0 Å². The van der Waals surface area contributed by atoms with E-state index in [1.807, 2.05) is 20.0 Å². The van der Waals surface area contributed by atoms with Gasteiger partial charge in [-0.2, -0.15) is 5.10 Å². The monoisotopic (exact) mass is 346 g/mol. The lowest BCUT2D eigenvalue weighted by atomic mass is 10.2. The molecule has 7 heteroatoms. The van der Waals surface area contributed by atoms with Crippen LogP contribution in [-0.2, 0) is 7.05 Å². The largest absolute Gasteiger partial charge is 0.323 e. The summed E-state index contributed by atoms with van der Waals surface area (Å²) in [5.74, 6) is -0.469. The molecule has 0 spiro atoms. The number of aromatic nitrogens is 2. The van der Waals surface area contributed by atoms with Crippen molar-refractivity contribution < 1.29 is 9.18 Å². The van der Waals surface area contributed by atoms with Gasteiger partial charge in [0.1, 0.15) is 5.82 Å². The predicted molar refractivity (Wildman–Crippen MR) is 94.2 cm³/mol. The minimum Gasteiger partial charge on any atom is -0.308 e. The van der Waals surface area contributed by atoms with Gasteiger partial charge in [-0.1, -0.05) is 11.6 Å². The number of carbonyl (C=O) groups is 1. The van der Waals surface area contributed by atoms with E-state index in [9.17, 15) is 9.18 Å². The third-order valence-electron chi connectivity index (χ3n) is 3.93. The summed E-state index contributed by atoms with van der Waals surface area (Å²) in [6.07, 6.45) is 0. The van der Waals surface area contributed by atoms with Crippen LogP contribution in [0.25, 0.3) is 10.9 Å². The molecule has 1 heterocycles. The van der Waals surface area contributed by atoms with Gasteiger partial charge in [-0.15, -0.1) is 0 Å². The third kappa shape index (κ3) is 3.05. The molecule has 0 aliphatic carbocycles. The number of amides is 2. The van der Waals surface area contributed by atoms with Crippen LogP contribution in [0.4, 0.5) is 20.6 Å². The van der Waals surface area contributed by atoms with Crippen molar-refractivity contribution in [2.75, 3.05) is 10.6 Å². The minimum absolute atomic E-state index is 0.260. The highest BCUT2D eigenvalue weighted by molar-refractivity contribution is 6.31. The Morgan fingerprint density at radius 1 is 1.17 bits per heavy atom. The summed E-state index contributed by atoms with van der Waals surface area (Å²) in [5.41, 5.74) is 3.06. The molecule has 0 saturated carbocycles. The van der Waals surface area contributed by atoms with Gasteiger partial charge < -0.3 is 10.6 Å². The molecule has 0 fully saturated rings. The molecule has 5 nitrogen and oxygen atoms in total. The van der Waals surface area contributed by atoms with Gasteiger partial charge in [-0.3, -0.25) is 4.68 Å². The minimum atomic E-state index is -0.485. The first kappa shape index (κ1) is 16.3. The second kappa shape index (κ2) is 6.13. The Labute approximate surface area is 143 Å². The second-order valence-corrected chi connectivity index (χ2v) is 5.99. The molecule has 0 atom stereocenters. The zero-order chi connectivity index (χ0) is 17.4. The molecule has 2 aromatic carbocycles. The van der Waals surface area contributed by atoms with E-state index in [4.69, 9.17) is 11.6 Å². The van der Waals surface area contributed by atoms with Crippen molar-refractivity contribution in [2.24, 2.45) is 7.05 Å². The van der Waals surface area contributed by atoms with E-state index in [1.54, 1.807) is 23.7 Å². The second-order valence-electron chi connectivity index (χ2n) is 5.58. The van der Waals surface area contributed by atoms with Gasteiger partial charge in [-0.05, 0) is 44.2 Å². The standard InChI is InChI=1S/C17H16ClFN4O/c1-9-14(18)6-12(7-15(9)19)21-17(24)20-11-4-5-13-10(2)23(3)22-16(13)8-11/h4-8H,1-3H3,(H2,20,21,24). The van der Waals surface area contributed by atoms with Crippen molar-refractivity contribution in [3.05, 3.63) is 52.4 Å². The van der Waals surface area contributed by atoms with Crippen LogP contribution in [0, 0.1) is 19.7 Å². The predicted octanol–water partition coefficient (Wildman–Crippen LogP) is 4.63. The topological polar surface area (TPSA) is 59.0 Å². The Hall–Kier alpha value is -2.60. The van der Waals surface area contributed by atoms with Gasteiger partial charge in [-0.25, -0.2) is 9.18 Å². The number of halogens is 2. The van der Waals surface area contributed by atoms with Crippen LogP contribution in [0.1, 0.15) is 11.3 Å². The SMILES string of the molecule is Cc1c(F)cc(NC(=O)Nc2ccc3c(C)n(C)nc3c2)cc1Cl. The number of aryl methyl sites for hydroxylation is 2. The third-order valence-corrected chi connectivity index (χ3v) is 4.32. The quantitative estimate of drug-likeness (QED) is 0.711. The lowest BCUT2D eigenvalue weighted by Crippen LogP contribution is -2.19. The van der Waals surface area contributed by atoms with E-state index < -0.39 is 11.8 Å². The first-order chi connectivity index (χ1) is 11.3. The number of carbonyl (C=O) groups excluding carboxylic acids is 1. The Kier molecular flexibility index (Phi) is 4.15. The fourth-order valence-electron chi connectivity index (χ4n) is 2.42. The van der Waals surface area contributed by atoms with Crippen LogP contribution < -0.4 is 10.6 Å². The van der Waals surface area contributed by atoms with Crippen LogP contribution in [0.2, 0.25) is 5.02 Å². The summed E-state index contributed by atoms with van der Waals surface area (Å²) >= 11 is 5.92. The summed E-state index contributed by atoms with van der Waals surface area (Å²) in [7, 11) is 1.87. The van der Waals surface area contributed by atoms with Crippen LogP contribution in [0.15, 0.2) is 30.3 Å². The van der Waals surface area contributed by atoms with E-state index >= 15 is 0 Å². The summed E-state index contributed by atoms with van der Waals surface area (Å²) < 4.78 is 15.4. The summed E-state index contributed by atoms with van der Waals surface area (Å²) in [4.78, 5) is 12.1. The molecule has 124 valence electrons. The molecule has 0 aliphatic rings. The average molecular weight is 347 g/mol. The van der Waals surface area contributed by atoms with E-state index in [1.165, 1.54) is 12.1 Å².